The fraction of sp³-hybridized carbons (Fsp3) is 0. The van der Waals surface area contributed by atoms with E-state index in [0.29, 0.717) is 16.7 Å². The number of nitrogens with zero attached hydrogens (tertiary/aromatic N) is 2. The van der Waals surface area contributed by atoms with E-state index in [1.54, 1.807) is 6.07 Å². The predicted octanol–water partition coefficient (Wildman–Crippen LogP) is 5.82. The Morgan fingerprint density at radius 3 is 2.48 bits per heavy atom. The second-order valence-corrected chi connectivity index (χ2v) is 7.43. The summed E-state index contributed by atoms with van der Waals surface area (Å²) >= 11 is 16.6. The van der Waals surface area contributed by atoms with Gasteiger partial charge in [-0.25, -0.2) is 9.97 Å². The molecule has 3 nitrogen and oxygen atoms in total. The van der Waals surface area contributed by atoms with E-state index in [9.17, 15) is 0 Å². The number of nitrogen functional groups attached to an aromatic ring is 1. The number of rotatable bonds is 1. The minimum absolute atomic E-state index is 0.410. The van der Waals surface area contributed by atoms with Crippen LogP contribution in [0.2, 0.25) is 5.02 Å². The maximum Gasteiger partial charge on any atom is 0.163 e. The highest BCUT2D eigenvalue weighted by molar-refractivity contribution is 9.11. The van der Waals surface area contributed by atoms with Gasteiger partial charge in [0.25, 0.3) is 0 Å². The van der Waals surface area contributed by atoms with E-state index in [1.165, 1.54) is 0 Å². The fourth-order valence-electron chi connectivity index (χ4n) is 1.97. The van der Waals surface area contributed by atoms with Gasteiger partial charge < -0.3 is 5.73 Å². The van der Waals surface area contributed by atoms with Crippen LogP contribution in [-0.4, -0.2) is 9.97 Å². The Labute approximate surface area is 151 Å². The molecule has 0 aliphatic rings. The Kier molecular flexibility index (Phi) is 4.23. The van der Waals surface area contributed by atoms with Gasteiger partial charge in [-0.15, -0.1) is 0 Å². The Bertz CT molecular complexity index is 868. The molecule has 0 bridgehead atoms. The lowest BCUT2D eigenvalue weighted by atomic mass is 10.2. The molecule has 0 atom stereocenters. The van der Waals surface area contributed by atoms with E-state index in [-0.39, 0.29) is 0 Å². The number of benzene rings is 2. The van der Waals surface area contributed by atoms with Crippen LogP contribution in [0.5, 0.6) is 0 Å². The summed E-state index contributed by atoms with van der Waals surface area (Å²) in [7, 11) is 0. The van der Waals surface area contributed by atoms with Crippen LogP contribution in [0, 0.1) is 0 Å². The molecule has 0 unspecified atom stereocenters. The molecule has 0 saturated carbocycles. The minimum Gasteiger partial charge on any atom is -0.383 e. The second kappa shape index (κ2) is 5.83. The van der Waals surface area contributed by atoms with E-state index in [0.717, 1.165) is 29.9 Å². The molecule has 0 amide bonds. The third-order valence-electron chi connectivity index (χ3n) is 2.92. The number of hydrogen-bond acceptors (Lipinski definition) is 3. The fourth-order valence-corrected chi connectivity index (χ4v) is 3.85. The van der Waals surface area contributed by atoms with Crippen LogP contribution in [-0.2, 0) is 0 Å². The van der Waals surface area contributed by atoms with Crippen LogP contribution in [0.1, 0.15) is 0 Å². The molecule has 3 aromatic rings. The number of aromatic nitrogens is 2. The first kappa shape index (κ1) is 15.2. The molecule has 21 heavy (non-hydrogen) atoms. The van der Waals surface area contributed by atoms with Gasteiger partial charge in [0.05, 0.1) is 10.5 Å². The van der Waals surface area contributed by atoms with Crippen molar-refractivity contribution in [2.45, 2.75) is 0 Å². The average Bonchev–Trinajstić information content (AvgIpc) is 2.42. The molecule has 0 saturated heterocycles. The van der Waals surface area contributed by atoms with Gasteiger partial charge in [0.1, 0.15) is 5.82 Å². The van der Waals surface area contributed by atoms with Crippen molar-refractivity contribution in [1.82, 2.24) is 9.97 Å². The number of nitrogens with two attached hydrogens (primary N) is 1. The van der Waals surface area contributed by atoms with Crippen LogP contribution in [0.3, 0.4) is 0 Å². The maximum absolute atomic E-state index is 6.24. The highest BCUT2D eigenvalue weighted by atomic mass is 79.9. The summed E-state index contributed by atoms with van der Waals surface area (Å²) in [5.41, 5.74) is 7.55. The lowest BCUT2D eigenvalue weighted by Crippen LogP contribution is -1.99. The van der Waals surface area contributed by atoms with Crippen molar-refractivity contribution in [3.05, 3.63) is 48.8 Å². The van der Waals surface area contributed by atoms with Gasteiger partial charge in [-0.3, -0.25) is 0 Å². The Morgan fingerprint density at radius 2 is 1.71 bits per heavy atom. The first-order valence-corrected chi connectivity index (χ1v) is 8.59. The Hall–Kier alpha value is -0.690. The van der Waals surface area contributed by atoms with Crippen molar-refractivity contribution in [3.8, 4) is 11.4 Å². The number of halogens is 4. The van der Waals surface area contributed by atoms with Gasteiger partial charge in [-0.05, 0) is 46.3 Å². The lowest BCUT2D eigenvalue weighted by molar-refractivity contribution is 1.23. The molecule has 1 aromatic heterocycles. The number of anilines is 1. The molecule has 2 N–H and O–H groups in total. The van der Waals surface area contributed by atoms with Crippen molar-refractivity contribution >= 4 is 76.1 Å². The molecule has 7 heteroatoms. The highest BCUT2D eigenvalue weighted by Crippen LogP contribution is 2.34. The smallest absolute Gasteiger partial charge is 0.163 e. The van der Waals surface area contributed by atoms with Crippen molar-refractivity contribution in [2.75, 3.05) is 5.73 Å². The zero-order valence-electron chi connectivity index (χ0n) is 10.4. The Morgan fingerprint density at radius 1 is 0.952 bits per heavy atom. The molecule has 106 valence electrons. The third kappa shape index (κ3) is 2.95. The zero-order valence-corrected chi connectivity index (χ0v) is 15.9. The van der Waals surface area contributed by atoms with Crippen molar-refractivity contribution < 1.29 is 0 Å². The largest absolute Gasteiger partial charge is 0.383 e. The maximum atomic E-state index is 6.24. The van der Waals surface area contributed by atoms with Crippen molar-refractivity contribution in [1.29, 1.82) is 0 Å². The summed E-state index contributed by atoms with van der Waals surface area (Å²) in [5, 5.41) is 1.36. The van der Waals surface area contributed by atoms with Crippen molar-refractivity contribution in [2.24, 2.45) is 0 Å². The van der Waals surface area contributed by atoms with Crippen LogP contribution < -0.4 is 5.73 Å². The van der Waals surface area contributed by atoms with Gasteiger partial charge in [0, 0.05) is 24.4 Å². The SMILES string of the molecule is Nc1nc(-c2cc(Br)ccc2Cl)nc2c(Br)cc(Br)cc12. The highest BCUT2D eigenvalue weighted by Gasteiger charge is 2.13. The molecule has 0 spiro atoms. The summed E-state index contributed by atoms with van der Waals surface area (Å²) in [6, 6.07) is 9.34. The second-order valence-electron chi connectivity index (χ2n) is 4.34. The van der Waals surface area contributed by atoms with E-state index < -0.39 is 0 Å². The lowest BCUT2D eigenvalue weighted by Gasteiger charge is -2.09. The minimum atomic E-state index is 0.410. The van der Waals surface area contributed by atoms with E-state index >= 15 is 0 Å². The molecular weight excluding hydrogens is 485 g/mol. The summed E-state index contributed by atoms with van der Waals surface area (Å²) < 4.78 is 2.65. The predicted molar refractivity (Wildman–Crippen MR) is 97.5 cm³/mol. The molecule has 0 radical (unpaired) electrons. The summed E-state index contributed by atoms with van der Waals surface area (Å²) in [5.74, 6) is 0.905. The third-order valence-corrected chi connectivity index (χ3v) is 4.80. The summed E-state index contributed by atoms with van der Waals surface area (Å²) in [4.78, 5) is 8.96. The van der Waals surface area contributed by atoms with Crippen molar-refractivity contribution in [3.63, 3.8) is 0 Å². The average molecular weight is 492 g/mol. The normalized spacial score (nSPS) is 11.0. The van der Waals surface area contributed by atoms with E-state index in [2.05, 4.69) is 57.8 Å². The zero-order chi connectivity index (χ0) is 15.1. The van der Waals surface area contributed by atoms with Gasteiger partial charge in [-0.1, -0.05) is 43.5 Å². The molecule has 0 aliphatic carbocycles. The van der Waals surface area contributed by atoms with E-state index in [1.807, 2.05) is 24.3 Å². The van der Waals surface area contributed by atoms with Crippen LogP contribution in [0.4, 0.5) is 5.82 Å². The number of hydrogen-bond donors (Lipinski definition) is 1. The first-order valence-electron chi connectivity index (χ1n) is 5.83. The van der Waals surface area contributed by atoms with Crippen LogP contribution >= 0.6 is 59.4 Å². The molecule has 2 aromatic carbocycles. The molecular formula is C14H7Br3ClN3. The van der Waals surface area contributed by atoms with Gasteiger partial charge in [-0.2, -0.15) is 0 Å². The van der Waals surface area contributed by atoms with Crippen LogP contribution in [0.15, 0.2) is 43.7 Å². The first-order chi connectivity index (χ1) is 9.95. The van der Waals surface area contributed by atoms with Gasteiger partial charge in [0.15, 0.2) is 5.82 Å². The topological polar surface area (TPSA) is 51.8 Å². The molecule has 3 rings (SSSR count). The quantitative estimate of drug-likeness (QED) is 0.466. The van der Waals surface area contributed by atoms with Gasteiger partial charge in [0.2, 0.25) is 0 Å². The van der Waals surface area contributed by atoms with E-state index in [4.69, 9.17) is 17.3 Å². The standard InChI is InChI=1S/C14H7Br3ClN3/c15-6-1-2-11(18)8(3-6)14-20-12-9(13(19)21-14)4-7(16)5-10(12)17/h1-5H,(H2,19,20,21). The van der Waals surface area contributed by atoms with Crippen LogP contribution in [0.25, 0.3) is 22.3 Å². The number of fused-ring (bicyclic) bond motifs is 1. The van der Waals surface area contributed by atoms with Gasteiger partial charge >= 0.3 is 0 Å². The summed E-state index contributed by atoms with van der Waals surface area (Å²) in [6.07, 6.45) is 0. The monoisotopic (exact) mass is 489 g/mol. The Balaban J connectivity index is 2.33. The summed E-state index contributed by atoms with van der Waals surface area (Å²) in [6.45, 7) is 0. The molecule has 1 heterocycles. The molecule has 0 aliphatic heterocycles. The molecule has 0 fully saturated rings.